The predicted molar refractivity (Wildman–Crippen MR) is 52.6 cm³/mol. The molecule has 1 atom stereocenters. The molecular formula is C9H13ClN2O. The third kappa shape index (κ3) is 3.30. The van der Waals surface area contributed by atoms with Crippen molar-refractivity contribution >= 4 is 11.6 Å². The summed E-state index contributed by atoms with van der Waals surface area (Å²) in [5.41, 5.74) is 6.16. The molecule has 3 N–H and O–H groups in total. The fourth-order valence-corrected chi connectivity index (χ4v) is 1.15. The Morgan fingerprint density at radius 3 is 2.77 bits per heavy atom. The molecule has 1 aromatic heterocycles. The Morgan fingerprint density at radius 1 is 1.62 bits per heavy atom. The number of nitrogens with two attached hydrogens (primary N) is 1. The van der Waals surface area contributed by atoms with Gasteiger partial charge in [0.1, 0.15) is 5.15 Å². The molecule has 0 saturated heterocycles. The van der Waals surface area contributed by atoms with E-state index in [0.717, 1.165) is 5.56 Å². The normalized spacial score (nSPS) is 15.4. The van der Waals surface area contributed by atoms with Crippen molar-refractivity contribution in [3.8, 4) is 0 Å². The van der Waals surface area contributed by atoms with Crippen LogP contribution in [-0.2, 0) is 6.42 Å². The number of halogens is 1. The Hall–Kier alpha value is -0.640. The Bertz CT molecular complexity index is 271. The molecule has 4 heteroatoms. The number of nitrogens with zero attached hydrogens (tertiary/aromatic N) is 1. The first kappa shape index (κ1) is 10.4. The van der Waals surface area contributed by atoms with E-state index in [2.05, 4.69) is 4.98 Å². The van der Waals surface area contributed by atoms with Crippen LogP contribution in [0.25, 0.3) is 0 Å². The number of aliphatic hydroxyl groups excluding tert-OH is 1. The molecule has 0 spiro atoms. The van der Waals surface area contributed by atoms with Gasteiger partial charge in [0, 0.05) is 11.7 Å². The third-order valence-electron chi connectivity index (χ3n) is 1.76. The zero-order valence-corrected chi connectivity index (χ0v) is 8.25. The van der Waals surface area contributed by atoms with Crippen LogP contribution < -0.4 is 5.73 Å². The Morgan fingerprint density at radius 2 is 2.31 bits per heavy atom. The molecule has 0 amide bonds. The molecule has 72 valence electrons. The smallest absolute Gasteiger partial charge is 0.129 e. The maximum Gasteiger partial charge on any atom is 0.129 e. The number of hydrogen-bond donors (Lipinski definition) is 2. The first-order valence-electron chi connectivity index (χ1n) is 4.04. The summed E-state index contributed by atoms with van der Waals surface area (Å²) in [6, 6.07) is 3.57. The number of aromatic nitrogens is 1. The van der Waals surface area contributed by atoms with E-state index in [4.69, 9.17) is 22.4 Å². The molecule has 13 heavy (non-hydrogen) atoms. The Balaban J connectivity index is 2.69. The summed E-state index contributed by atoms with van der Waals surface area (Å²) < 4.78 is 0. The maximum absolute atomic E-state index is 8.94. The standard InChI is InChI=1S/C9H13ClN2O/c1-9(11,6-13)4-7-2-3-8(10)12-5-7/h2-3,5,13H,4,6,11H2,1H3. The number of pyridine rings is 1. The molecule has 0 aliphatic carbocycles. The summed E-state index contributed by atoms with van der Waals surface area (Å²) in [4.78, 5) is 3.93. The van der Waals surface area contributed by atoms with Crippen molar-refractivity contribution in [3.05, 3.63) is 29.0 Å². The molecule has 0 aliphatic rings. The van der Waals surface area contributed by atoms with Crippen LogP contribution in [0.2, 0.25) is 5.15 Å². The fraction of sp³-hybridized carbons (Fsp3) is 0.444. The molecule has 1 rings (SSSR count). The summed E-state index contributed by atoms with van der Waals surface area (Å²) in [6.45, 7) is 1.75. The molecule has 0 saturated carbocycles. The minimum absolute atomic E-state index is 0.0460. The largest absolute Gasteiger partial charge is 0.394 e. The monoisotopic (exact) mass is 200 g/mol. The van der Waals surface area contributed by atoms with E-state index in [0.29, 0.717) is 11.6 Å². The molecule has 0 fully saturated rings. The average Bonchev–Trinajstić information content (AvgIpc) is 2.09. The van der Waals surface area contributed by atoms with E-state index < -0.39 is 5.54 Å². The topological polar surface area (TPSA) is 59.1 Å². The van der Waals surface area contributed by atoms with Gasteiger partial charge in [-0.05, 0) is 25.0 Å². The number of aliphatic hydroxyl groups is 1. The van der Waals surface area contributed by atoms with Crippen LogP contribution in [0.4, 0.5) is 0 Å². The van der Waals surface area contributed by atoms with Crippen LogP contribution in [0.3, 0.4) is 0 Å². The minimum atomic E-state index is -0.588. The summed E-state index contributed by atoms with van der Waals surface area (Å²) in [7, 11) is 0. The van der Waals surface area contributed by atoms with Crippen molar-refractivity contribution in [1.82, 2.24) is 4.98 Å². The number of rotatable bonds is 3. The lowest BCUT2D eigenvalue weighted by atomic mass is 9.96. The lowest BCUT2D eigenvalue weighted by Crippen LogP contribution is -2.42. The average molecular weight is 201 g/mol. The van der Waals surface area contributed by atoms with Gasteiger partial charge in [0.25, 0.3) is 0 Å². The highest BCUT2D eigenvalue weighted by Crippen LogP contribution is 2.11. The first-order valence-corrected chi connectivity index (χ1v) is 4.41. The van der Waals surface area contributed by atoms with Crippen molar-refractivity contribution in [1.29, 1.82) is 0 Å². The SMILES string of the molecule is CC(N)(CO)Cc1ccc(Cl)nc1. The van der Waals surface area contributed by atoms with Crippen LogP contribution in [0.5, 0.6) is 0 Å². The van der Waals surface area contributed by atoms with Gasteiger partial charge in [0.15, 0.2) is 0 Å². The highest BCUT2D eigenvalue weighted by molar-refractivity contribution is 6.29. The minimum Gasteiger partial charge on any atom is -0.394 e. The van der Waals surface area contributed by atoms with Gasteiger partial charge in [0.2, 0.25) is 0 Å². The maximum atomic E-state index is 8.94. The second-order valence-corrected chi connectivity index (χ2v) is 3.87. The summed E-state index contributed by atoms with van der Waals surface area (Å²) in [5.74, 6) is 0. The van der Waals surface area contributed by atoms with Crippen LogP contribution in [0, 0.1) is 0 Å². The van der Waals surface area contributed by atoms with E-state index in [1.54, 1.807) is 19.2 Å². The fourth-order valence-electron chi connectivity index (χ4n) is 1.03. The molecule has 1 unspecified atom stereocenters. The van der Waals surface area contributed by atoms with E-state index in [1.165, 1.54) is 0 Å². The van der Waals surface area contributed by atoms with Gasteiger partial charge in [-0.2, -0.15) is 0 Å². The predicted octanol–water partition coefficient (Wildman–Crippen LogP) is 0.987. The van der Waals surface area contributed by atoms with Gasteiger partial charge in [-0.15, -0.1) is 0 Å². The van der Waals surface area contributed by atoms with Crippen molar-refractivity contribution < 1.29 is 5.11 Å². The molecule has 3 nitrogen and oxygen atoms in total. The van der Waals surface area contributed by atoms with Crippen molar-refractivity contribution in [3.63, 3.8) is 0 Å². The highest BCUT2D eigenvalue weighted by atomic mass is 35.5. The van der Waals surface area contributed by atoms with Crippen molar-refractivity contribution in [2.75, 3.05) is 6.61 Å². The summed E-state index contributed by atoms with van der Waals surface area (Å²) in [5, 5.41) is 9.40. The molecule has 1 aromatic rings. The molecule has 0 aliphatic heterocycles. The molecule has 0 aromatic carbocycles. The van der Waals surface area contributed by atoms with E-state index in [1.807, 2.05) is 6.07 Å². The van der Waals surface area contributed by atoms with Gasteiger partial charge < -0.3 is 10.8 Å². The van der Waals surface area contributed by atoms with E-state index in [-0.39, 0.29) is 6.61 Å². The van der Waals surface area contributed by atoms with Gasteiger partial charge >= 0.3 is 0 Å². The molecule has 0 bridgehead atoms. The third-order valence-corrected chi connectivity index (χ3v) is 1.98. The highest BCUT2D eigenvalue weighted by Gasteiger charge is 2.17. The van der Waals surface area contributed by atoms with Crippen LogP contribution in [0.1, 0.15) is 12.5 Å². The lowest BCUT2D eigenvalue weighted by Gasteiger charge is -2.21. The van der Waals surface area contributed by atoms with E-state index >= 15 is 0 Å². The second kappa shape index (κ2) is 4.05. The second-order valence-electron chi connectivity index (χ2n) is 3.48. The number of hydrogen-bond acceptors (Lipinski definition) is 3. The van der Waals surface area contributed by atoms with Gasteiger partial charge in [-0.3, -0.25) is 0 Å². The van der Waals surface area contributed by atoms with Crippen molar-refractivity contribution in [2.24, 2.45) is 5.73 Å². The zero-order chi connectivity index (χ0) is 9.90. The summed E-state index contributed by atoms with van der Waals surface area (Å²) >= 11 is 5.63. The van der Waals surface area contributed by atoms with Crippen LogP contribution >= 0.6 is 11.6 Å². The Kier molecular flexibility index (Phi) is 3.25. The zero-order valence-electron chi connectivity index (χ0n) is 7.50. The molecule has 1 heterocycles. The van der Waals surface area contributed by atoms with Gasteiger partial charge in [0.05, 0.1) is 6.61 Å². The van der Waals surface area contributed by atoms with E-state index in [9.17, 15) is 0 Å². The molecular weight excluding hydrogens is 188 g/mol. The molecule has 0 radical (unpaired) electrons. The quantitative estimate of drug-likeness (QED) is 0.716. The van der Waals surface area contributed by atoms with Crippen molar-refractivity contribution in [2.45, 2.75) is 18.9 Å². The lowest BCUT2D eigenvalue weighted by molar-refractivity contribution is 0.208. The Labute approximate surface area is 82.5 Å². The first-order chi connectivity index (χ1) is 6.03. The van der Waals surface area contributed by atoms with Gasteiger partial charge in [-0.1, -0.05) is 17.7 Å². The summed E-state index contributed by atoms with van der Waals surface area (Å²) in [6.07, 6.45) is 2.26. The van der Waals surface area contributed by atoms with Gasteiger partial charge in [-0.25, -0.2) is 4.98 Å². The van der Waals surface area contributed by atoms with Crippen LogP contribution in [0.15, 0.2) is 18.3 Å². The van der Waals surface area contributed by atoms with Crippen LogP contribution in [-0.4, -0.2) is 22.2 Å².